The van der Waals surface area contributed by atoms with Crippen LogP contribution in [0.25, 0.3) is 0 Å². The predicted molar refractivity (Wildman–Crippen MR) is 187 cm³/mol. The molecule has 1 heterocycles. The van der Waals surface area contributed by atoms with Gasteiger partial charge in [-0.15, -0.1) is 6.58 Å². The number of carbonyl (C=O) groups excluding carboxylic acids is 4. The van der Waals surface area contributed by atoms with Gasteiger partial charge in [0.15, 0.2) is 24.6 Å². The van der Waals surface area contributed by atoms with E-state index in [0.29, 0.717) is 0 Å². The highest BCUT2D eigenvalue weighted by molar-refractivity contribution is 5.91. The molecule has 51 heavy (non-hydrogen) atoms. The zero-order chi connectivity index (χ0) is 36.5. The molecule has 0 aromatic heterocycles. The third kappa shape index (κ3) is 9.56. The highest BCUT2D eigenvalue weighted by Gasteiger charge is 2.53. The fourth-order valence-corrected chi connectivity index (χ4v) is 5.29. The zero-order valence-electron chi connectivity index (χ0n) is 28.9. The molecule has 0 unspecified atom stereocenters. The van der Waals surface area contributed by atoms with E-state index in [1.807, 2.05) is 27.7 Å². The third-order valence-electron chi connectivity index (χ3n) is 8.23. The predicted octanol–water partition coefficient (Wildman–Crippen LogP) is 6.68. The highest BCUT2D eigenvalue weighted by atomic mass is 16.7. The van der Waals surface area contributed by atoms with Gasteiger partial charge in [0.2, 0.25) is 0 Å². The summed E-state index contributed by atoms with van der Waals surface area (Å²) in [5.74, 6) is -2.98. The smallest absolute Gasteiger partial charge is 0.338 e. The molecule has 1 fully saturated rings. The van der Waals surface area contributed by atoms with E-state index in [-0.39, 0.29) is 28.9 Å². The van der Waals surface area contributed by atoms with Crippen LogP contribution in [0, 0.1) is 27.7 Å². The van der Waals surface area contributed by atoms with E-state index >= 15 is 0 Å². The summed E-state index contributed by atoms with van der Waals surface area (Å²) in [6.45, 7) is 10.7. The maximum absolute atomic E-state index is 13.7. The molecule has 0 N–H and O–H groups in total. The van der Waals surface area contributed by atoms with Crippen molar-refractivity contribution in [2.24, 2.45) is 0 Å². The average Bonchev–Trinajstić information content (AvgIpc) is 3.12. The Balaban J connectivity index is 1.54. The van der Waals surface area contributed by atoms with Gasteiger partial charge >= 0.3 is 23.9 Å². The van der Waals surface area contributed by atoms with Crippen molar-refractivity contribution in [2.45, 2.75) is 58.4 Å². The number of carbonyl (C=O) groups is 4. The van der Waals surface area contributed by atoms with E-state index in [1.54, 1.807) is 97.1 Å². The Bertz CT molecular complexity index is 1830. The van der Waals surface area contributed by atoms with Crippen LogP contribution >= 0.6 is 0 Å². The SMILES string of the molecule is C=CCO[C@@H]1O[C@H](COC(=O)c2ccc(C)cc2)[C@@H](OC(=O)c2ccc(C)cc2)[C@H](OC(=O)c2ccc(C)cc2)[C@H]1OC(=O)c1ccc(C)cc1. The summed E-state index contributed by atoms with van der Waals surface area (Å²) in [4.78, 5) is 54.1. The quantitative estimate of drug-likeness (QED) is 0.0902. The van der Waals surface area contributed by atoms with Crippen LogP contribution in [0.1, 0.15) is 63.7 Å². The third-order valence-corrected chi connectivity index (χ3v) is 8.23. The summed E-state index contributed by atoms with van der Waals surface area (Å²) in [7, 11) is 0. The molecular weight excluding hydrogens is 652 g/mol. The Morgan fingerprint density at radius 3 is 1.29 bits per heavy atom. The summed E-state index contributed by atoms with van der Waals surface area (Å²) in [6.07, 6.45) is -5.54. The minimum Gasteiger partial charge on any atom is -0.459 e. The number of hydrogen-bond acceptors (Lipinski definition) is 10. The molecule has 0 bridgehead atoms. The first-order chi connectivity index (χ1) is 24.5. The van der Waals surface area contributed by atoms with Gasteiger partial charge < -0.3 is 28.4 Å². The molecule has 0 radical (unpaired) electrons. The Morgan fingerprint density at radius 2 is 0.902 bits per heavy atom. The molecule has 10 heteroatoms. The second-order valence-corrected chi connectivity index (χ2v) is 12.3. The van der Waals surface area contributed by atoms with Crippen molar-refractivity contribution >= 4 is 23.9 Å². The summed E-state index contributed by atoms with van der Waals surface area (Å²) in [6, 6.07) is 26.8. The molecule has 5 rings (SSSR count). The van der Waals surface area contributed by atoms with Crippen LogP contribution in [-0.4, -0.2) is 67.8 Å². The lowest BCUT2D eigenvalue weighted by atomic mass is 9.97. The largest absolute Gasteiger partial charge is 0.459 e. The van der Waals surface area contributed by atoms with Crippen LogP contribution in [0.15, 0.2) is 110 Å². The van der Waals surface area contributed by atoms with Gasteiger partial charge in [0.25, 0.3) is 0 Å². The maximum atomic E-state index is 13.7. The fourth-order valence-electron chi connectivity index (χ4n) is 5.29. The lowest BCUT2D eigenvalue weighted by Gasteiger charge is -2.44. The summed E-state index contributed by atoms with van der Waals surface area (Å²) in [5.41, 5.74) is 4.63. The van der Waals surface area contributed by atoms with Crippen molar-refractivity contribution in [3.63, 3.8) is 0 Å². The van der Waals surface area contributed by atoms with Crippen molar-refractivity contribution in [3.05, 3.63) is 154 Å². The molecule has 0 amide bonds. The van der Waals surface area contributed by atoms with E-state index in [2.05, 4.69) is 6.58 Å². The van der Waals surface area contributed by atoms with Crippen molar-refractivity contribution in [1.29, 1.82) is 0 Å². The Morgan fingerprint density at radius 1 is 0.549 bits per heavy atom. The second kappa shape index (κ2) is 16.9. The summed E-state index contributed by atoms with van der Waals surface area (Å²) < 4.78 is 36.0. The second-order valence-electron chi connectivity index (χ2n) is 12.3. The van der Waals surface area contributed by atoms with E-state index in [1.165, 1.54) is 6.08 Å². The van der Waals surface area contributed by atoms with Crippen LogP contribution in [0.3, 0.4) is 0 Å². The molecule has 0 spiro atoms. The summed E-state index contributed by atoms with van der Waals surface area (Å²) >= 11 is 0. The molecule has 10 nitrogen and oxygen atoms in total. The molecule has 1 saturated heterocycles. The molecule has 4 aromatic carbocycles. The van der Waals surface area contributed by atoms with E-state index in [9.17, 15) is 19.2 Å². The van der Waals surface area contributed by atoms with E-state index in [4.69, 9.17) is 28.4 Å². The van der Waals surface area contributed by atoms with E-state index in [0.717, 1.165) is 22.3 Å². The van der Waals surface area contributed by atoms with Gasteiger partial charge in [0.1, 0.15) is 12.7 Å². The van der Waals surface area contributed by atoms with E-state index < -0.39 is 61.2 Å². The first-order valence-electron chi connectivity index (χ1n) is 16.5. The normalized spacial score (nSPS) is 19.7. The minimum absolute atomic E-state index is 0.0500. The summed E-state index contributed by atoms with van der Waals surface area (Å²) in [5, 5.41) is 0. The minimum atomic E-state index is -1.49. The Hall–Kier alpha value is -5.58. The topological polar surface area (TPSA) is 124 Å². The van der Waals surface area contributed by atoms with Crippen LogP contribution in [0.4, 0.5) is 0 Å². The number of hydrogen-bond donors (Lipinski definition) is 0. The van der Waals surface area contributed by atoms with Crippen LogP contribution in [0.2, 0.25) is 0 Å². The van der Waals surface area contributed by atoms with Crippen molar-refractivity contribution in [3.8, 4) is 0 Å². The number of aryl methyl sites for hydroxylation is 4. The zero-order valence-corrected chi connectivity index (χ0v) is 28.9. The van der Waals surface area contributed by atoms with Crippen LogP contribution < -0.4 is 0 Å². The van der Waals surface area contributed by atoms with Crippen molar-refractivity contribution < 1.29 is 47.6 Å². The first-order valence-corrected chi connectivity index (χ1v) is 16.5. The monoisotopic (exact) mass is 692 g/mol. The maximum Gasteiger partial charge on any atom is 0.338 e. The van der Waals surface area contributed by atoms with Gasteiger partial charge in [-0.3, -0.25) is 0 Å². The number of ether oxygens (including phenoxy) is 6. The molecule has 5 atom stereocenters. The lowest BCUT2D eigenvalue weighted by Crippen LogP contribution is -2.63. The van der Waals surface area contributed by atoms with Gasteiger partial charge in [0, 0.05) is 0 Å². The van der Waals surface area contributed by atoms with Gasteiger partial charge in [-0.05, 0) is 76.2 Å². The first kappa shape index (κ1) is 36.7. The average molecular weight is 693 g/mol. The number of rotatable bonds is 12. The Kier molecular flexibility index (Phi) is 12.2. The van der Waals surface area contributed by atoms with Crippen LogP contribution in [-0.2, 0) is 28.4 Å². The van der Waals surface area contributed by atoms with Gasteiger partial charge in [-0.2, -0.15) is 0 Å². The molecule has 1 aliphatic rings. The van der Waals surface area contributed by atoms with Gasteiger partial charge in [-0.25, -0.2) is 19.2 Å². The molecular formula is C41H40O10. The van der Waals surface area contributed by atoms with Crippen molar-refractivity contribution in [1.82, 2.24) is 0 Å². The standard InChI is InChI=1S/C41H40O10/c1-6-23-46-41-36(51-40(45)32-21-13-28(5)14-22-32)35(50-39(44)31-19-11-27(4)12-20-31)34(49-38(43)30-17-9-26(3)10-18-30)33(48-41)24-47-37(42)29-15-7-25(2)8-16-29/h6-22,33-36,41H,1,23-24H2,2-5H3/t33-,34-,35+,36-,41-/m1/s1. The molecule has 1 aliphatic heterocycles. The molecule has 0 aliphatic carbocycles. The molecule has 4 aromatic rings. The highest BCUT2D eigenvalue weighted by Crippen LogP contribution is 2.32. The number of esters is 4. The molecule has 0 saturated carbocycles. The lowest BCUT2D eigenvalue weighted by molar-refractivity contribution is -0.295. The van der Waals surface area contributed by atoms with Gasteiger partial charge in [0.05, 0.1) is 28.9 Å². The fraction of sp³-hybridized carbons (Fsp3) is 0.268. The Labute approximate surface area is 296 Å². The van der Waals surface area contributed by atoms with Crippen LogP contribution in [0.5, 0.6) is 0 Å². The van der Waals surface area contributed by atoms with Gasteiger partial charge in [-0.1, -0.05) is 76.9 Å². The van der Waals surface area contributed by atoms with Crippen molar-refractivity contribution in [2.75, 3.05) is 13.2 Å². The molecule has 264 valence electrons. The number of benzene rings is 4.